The number of hydrogen-bond acceptors (Lipinski definition) is 5. The minimum Gasteiger partial charge on any atom is -0.393 e. The average Bonchev–Trinajstić information content (AvgIpc) is 3.16. The van der Waals surface area contributed by atoms with Gasteiger partial charge in [-0.25, -0.2) is 4.98 Å². The average molecular weight is 359 g/mol. The van der Waals surface area contributed by atoms with Crippen molar-refractivity contribution < 1.29 is 9.90 Å². The third-order valence-corrected chi connectivity index (χ3v) is 5.74. The zero-order valence-electron chi connectivity index (χ0n) is 14.5. The predicted molar refractivity (Wildman–Crippen MR) is 101 cm³/mol. The molecule has 1 atom stereocenters. The maximum atomic E-state index is 12.5. The minimum absolute atomic E-state index is 0.00465. The van der Waals surface area contributed by atoms with Gasteiger partial charge in [-0.1, -0.05) is 30.3 Å². The molecule has 1 amide bonds. The number of aryl methyl sites for hydroxylation is 1. The number of rotatable bonds is 6. The highest BCUT2D eigenvalue weighted by Gasteiger charge is 2.28. The van der Waals surface area contributed by atoms with Crippen LogP contribution in [0.5, 0.6) is 0 Å². The van der Waals surface area contributed by atoms with Crippen molar-refractivity contribution in [3.63, 3.8) is 0 Å². The molecule has 0 bridgehead atoms. The molecule has 0 aliphatic carbocycles. The molecule has 2 N–H and O–H groups in total. The van der Waals surface area contributed by atoms with E-state index in [9.17, 15) is 9.90 Å². The Morgan fingerprint density at radius 3 is 2.72 bits per heavy atom. The third-order valence-electron chi connectivity index (χ3n) is 4.88. The van der Waals surface area contributed by atoms with E-state index in [1.165, 1.54) is 16.9 Å². The number of nitrogens with zero attached hydrogens (tertiary/aromatic N) is 2. The van der Waals surface area contributed by atoms with Gasteiger partial charge in [0.1, 0.15) is 5.69 Å². The first-order chi connectivity index (χ1) is 12.2. The number of piperidine rings is 1. The van der Waals surface area contributed by atoms with Crippen LogP contribution in [0.1, 0.15) is 35.3 Å². The smallest absolute Gasteiger partial charge is 0.273 e. The summed E-state index contributed by atoms with van der Waals surface area (Å²) in [6, 6.07) is 10.3. The molecular weight excluding hydrogens is 334 g/mol. The second kappa shape index (κ2) is 8.45. The summed E-state index contributed by atoms with van der Waals surface area (Å²) in [5.41, 5.74) is 1.77. The number of likely N-dealkylation sites (tertiary alicyclic amines) is 1. The molecule has 1 aliphatic rings. The van der Waals surface area contributed by atoms with Gasteiger partial charge in [-0.05, 0) is 37.2 Å². The lowest BCUT2D eigenvalue weighted by Crippen LogP contribution is -2.41. The largest absolute Gasteiger partial charge is 0.393 e. The van der Waals surface area contributed by atoms with Crippen molar-refractivity contribution in [2.24, 2.45) is 5.92 Å². The van der Waals surface area contributed by atoms with Gasteiger partial charge in [-0.15, -0.1) is 11.3 Å². The van der Waals surface area contributed by atoms with Crippen molar-refractivity contribution in [2.75, 3.05) is 25.5 Å². The van der Waals surface area contributed by atoms with Crippen molar-refractivity contribution >= 4 is 22.4 Å². The Kier molecular flexibility index (Phi) is 6.04. The number of carbonyl (C=O) groups is 1. The summed E-state index contributed by atoms with van der Waals surface area (Å²) in [4.78, 5) is 18.6. The molecule has 1 aromatic heterocycles. The van der Waals surface area contributed by atoms with Gasteiger partial charge < -0.3 is 15.3 Å². The van der Waals surface area contributed by atoms with Crippen LogP contribution in [0.3, 0.4) is 0 Å². The second-order valence-corrected chi connectivity index (χ2v) is 7.37. The van der Waals surface area contributed by atoms with Gasteiger partial charge in [0, 0.05) is 25.5 Å². The Morgan fingerprint density at radius 1 is 1.36 bits per heavy atom. The van der Waals surface area contributed by atoms with Crippen molar-refractivity contribution in [3.05, 3.63) is 47.0 Å². The van der Waals surface area contributed by atoms with Crippen molar-refractivity contribution in [1.82, 2.24) is 9.88 Å². The zero-order chi connectivity index (χ0) is 17.6. The van der Waals surface area contributed by atoms with Crippen LogP contribution in [0.2, 0.25) is 0 Å². The number of anilines is 1. The molecule has 5 nitrogen and oxygen atoms in total. The molecule has 6 heteroatoms. The molecule has 0 radical (unpaired) electrons. The molecule has 1 fully saturated rings. The third kappa shape index (κ3) is 4.58. The molecule has 1 saturated heterocycles. The normalized spacial score (nSPS) is 16.6. The summed E-state index contributed by atoms with van der Waals surface area (Å²) in [5.74, 6) is 0.269. The van der Waals surface area contributed by atoms with Crippen molar-refractivity contribution in [3.8, 4) is 0 Å². The number of aromatic nitrogens is 1. The monoisotopic (exact) mass is 359 g/mol. The Bertz CT molecular complexity index is 681. The number of nitrogens with one attached hydrogen (secondary N) is 1. The highest BCUT2D eigenvalue weighted by atomic mass is 32.1. The second-order valence-electron chi connectivity index (χ2n) is 6.51. The van der Waals surface area contributed by atoms with Crippen molar-refractivity contribution in [1.29, 1.82) is 0 Å². The number of hydrogen-bond donors (Lipinski definition) is 2. The molecule has 0 unspecified atom stereocenters. The van der Waals surface area contributed by atoms with E-state index in [4.69, 9.17) is 0 Å². The number of aliphatic hydroxyl groups is 1. The first-order valence-corrected chi connectivity index (χ1v) is 9.70. The van der Waals surface area contributed by atoms with E-state index >= 15 is 0 Å². The van der Waals surface area contributed by atoms with E-state index in [2.05, 4.69) is 22.4 Å². The highest BCUT2D eigenvalue weighted by molar-refractivity contribution is 7.13. The van der Waals surface area contributed by atoms with E-state index < -0.39 is 0 Å². The van der Waals surface area contributed by atoms with Crippen molar-refractivity contribution in [2.45, 2.75) is 31.8 Å². The molecule has 2 heterocycles. The number of benzene rings is 1. The minimum atomic E-state index is -0.298. The number of thiazole rings is 1. The Hall–Kier alpha value is -1.92. The molecule has 25 heavy (non-hydrogen) atoms. The Balaban J connectivity index is 1.47. The lowest BCUT2D eigenvalue weighted by atomic mass is 9.88. The molecular formula is C19H25N3O2S. The highest BCUT2D eigenvalue weighted by Crippen LogP contribution is 2.25. The van der Waals surface area contributed by atoms with Crippen LogP contribution < -0.4 is 5.32 Å². The quantitative estimate of drug-likeness (QED) is 0.832. The van der Waals surface area contributed by atoms with Crippen LogP contribution in [0.15, 0.2) is 35.7 Å². The Morgan fingerprint density at radius 2 is 2.08 bits per heavy atom. The number of amides is 1. The molecule has 0 spiro atoms. The van der Waals surface area contributed by atoms with E-state index in [0.717, 1.165) is 30.8 Å². The zero-order valence-corrected chi connectivity index (χ0v) is 15.3. The van der Waals surface area contributed by atoms with Crippen LogP contribution in [0, 0.1) is 5.92 Å². The summed E-state index contributed by atoms with van der Waals surface area (Å²) in [5, 5.41) is 16.0. The number of carbonyl (C=O) groups excluding carboxylic acids is 1. The lowest BCUT2D eigenvalue weighted by molar-refractivity contribution is 0.0434. The maximum absolute atomic E-state index is 12.5. The fourth-order valence-corrected chi connectivity index (χ4v) is 3.98. The van der Waals surface area contributed by atoms with E-state index in [0.29, 0.717) is 18.8 Å². The fourth-order valence-electron chi connectivity index (χ4n) is 3.33. The van der Waals surface area contributed by atoms with Crippen LogP contribution >= 0.6 is 11.3 Å². The van der Waals surface area contributed by atoms with E-state index in [1.807, 2.05) is 23.1 Å². The Labute approximate surface area is 152 Å². The summed E-state index contributed by atoms with van der Waals surface area (Å²) in [7, 11) is 1.80. The molecule has 0 saturated carbocycles. The summed E-state index contributed by atoms with van der Waals surface area (Å²) in [6.45, 7) is 1.39. The van der Waals surface area contributed by atoms with Crippen LogP contribution in [-0.2, 0) is 6.42 Å². The first kappa shape index (κ1) is 17.9. The molecule has 2 aromatic rings. The van der Waals surface area contributed by atoms with Gasteiger partial charge in [0.15, 0.2) is 5.13 Å². The molecule has 1 aromatic carbocycles. The van der Waals surface area contributed by atoms with Gasteiger partial charge in [0.2, 0.25) is 0 Å². The van der Waals surface area contributed by atoms with Gasteiger partial charge >= 0.3 is 0 Å². The molecule has 3 rings (SSSR count). The van der Waals surface area contributed by atoms with Gasteiger partial charge in [0.25, 0.3) is 5.91 Å². The number of aliphatic hydroxyl groups excluding tert-OH is 1. The van der Waals surface area contributed by atoms with E-state index in [1.54, 1.807) is 12.4 Å². The van der Waals surface area contributed by atoms with Gasteiger partial charge in [0.05, 0.1) is 6.10 Å². The van der Waals surface area contributed by atoms with Crippen LogP contribution in [0.4, 0.5) is 5.13 Å². The van der Waals surface area contributed by atoms with Gasteiger partial charge in [-0.3, -0.25) is 4.79 Å². The molecule has 1 aliphatic heterocycles. The summed E-state index contributed by atoms with van der Waals surface area (Å²) in [6.07, 6.45) is 3.08. The predicted octanol–water partition coefficient (Wildman–Crippen LogP) is 3.03. The maximum Gasteiger partial charge on any atom is 0.273 e. The fraction of sp³-hybridized carbons (Fsp3) is 0.474. The molecule has 134 valence electrons. The topological polar surface area (TPSA) is 65.5 Å². The standard InChI is InChI=1S/C19H25N3O2S/c1-20-19-21-16(13-25-19)18(24)22-11-9-15(10-12-22)17(23)8-7-14-5-3-2-4-6-14/h2-6,13,15,17,23H,7-12H2,1H3,(H,20,21)/t17-/m1/s1. The lowest BCUT2D eigenvalue weighted by Gasteiger charge is -2.34. The van der Waals surface area contributed by atoms with Crippen LogP contribution in [0.25, 0.3) is 0 Å². The van der Waals surface area contributed by atoms with Gasteiger partial charge in [-0.2, -0.15) is 0 Å². The first-order valence-electron chi connectivity index (χ1n) is 8.82. The summed E-state index contributed by atoms with van der Waals surface area (Å²) < 4.78 is 0. The van der Waals surface area contributed by atoms with E-state index in [-0.39, 0.29) is 17.9 Å². The van der Waals surface area contributed by atoms with Crippen LogP contribution in [-0.4, -0.2) is 47.1 Å². The SMILES string of the molecule is CNc1nc(C(=O)N2CCC([C@H](O)CCc3ccccc3)CC2)cs1. The summed E-state index contributed by atoms with van der Waals surface area (Å²) >= 11 is 1.44.